The summed E-state index contributed by atoms with van der Waals surface area (Å²) in [5.41, 5.74) is 5.10. The standard InChI is InChI=1S/C46H63N3O9/c1-41(2,3)14-13-33(48-37(54)24-47)39(55)49-44-16-18-45(19-17-44,56-26-44)22-27-6-8-28(9-7-27)40-57-36-21-32-31-11-10-29-20-30(51)12-15-42(29,4)38(31)34(52)23-43(32,5)46(36,58-40)35(53)25-50/h6-9,12,15,20,31-34,36,38,40,50,52H,10-11,13-14,16-19,21-26,47H2,1-5H3,(H,48,54)(H,49,55)/t31-,32-,33-,34-,36+,38+,40+,42-,43-,44?,45?,46+/m0/s1. The number of allylic oxidation sites excluding steroid dienone is 4. The van der Waals surface area contributed by atoms with E-state index < -0.39 is 58.9 Å². The Kier molecular flexibility index (Phi) is 10.5. The fourth-order valence-corrected chi connectivity index (χ4v) is 12.6. The van der Waals surface area contributed by atoms with Crippen LogP contribution in [0.2, 0.25) is 0 Å². The number of nitrogens with two attached hydrogens (primary N) is 1. The fraction of sp³-hybridized carbons (Fsp3) is 0.696. The first kappa shape index (κ1) is 41.5. The second-order valence-corrected chi connectivity index (χ2v) is 20.4. The van der Waals surface area contributed by atoms with Gasteiger partial charge in [0.2, 0.25) is 11.8 Å². The minimum absolute atomic E-state index is 0.0107. The van der Waals surface area contributed by atoms with Crippen LogP contribution in [0.4, 0.5) is 0 Å². The highest BCUT2D eigenvalue weighted by Gasteiger charge is 2.76. The lowest BCUT2D eigenvalue weighted by Crippen LogP contribution is -2.65. The zero-order chi connectivity index (χ0) is 41.5. The van der Waals surface area contributed by atoms with Gasteiger partial charge in [-0.1, -0.05) is 70.5 Å². The van der Waals surface area contributed by atoms with Crippen LogP contribution in [-0.4, -0.2) is 88.3 Å². The number of rotatable bonds is 11. The molecule has 3 saturated heterocycles. The molecule has 0 spiro atoms. The monoisotopic (exact) mass is 801 g/mol. The smallest absolute Gasteiger partial charge is 0.243 e. The van der Waals surface area contributed by atoms with Gasteiger partial charge in [0, 0.05) is 28.7 Å². The predicted molar refractivity (Wildman–Crippen MR) is 215 cm³/mol. The number of Topliss-reactive ketones (excluding diaryl/α,β-unsaturated/α-hetero) is 1. The molecule has 5 aliphatic carbocycles. The fourth-order valence-electron chi connectivity index (χ4n) is 12.6. The number of amides is 2. The number of aliphatic hydroxyl groups excluding tert-OH is 2. The summed E-state index contributed by atoms with van der Waals surface area (Å²) in [6.45, 7) is 10.1. The van der Waals surface area contributed by atoms with Gasteiger partial charge in [0.15, 0.2) is 23.5 Å². The van der Waals surface area contributed by atoms with Crippen molar-refractivity contribution >= 4 is 23.4 Å². The van der Waals surface area contributed by atoms with Crippen molar-refractivity contribution < 1.29 is 43.6 Å². The number of hydrogen-bond donors (Lipinski definition) is 5. The molecule has 2 amide bonds. The van der Waals surface area contributed by atoms with E-state index in [-0.39, 0.29) is 52.9 Å². The summed E-state index contributed by atoms with van der Waals surface area (Å²) in [5.74, 6) is -0.934. The second-order valence-electron chi connectivity index (χ2n) is 20.4. The van der Waals surface area contributed by atoms with Gasteiger partial charge >= 0.3 is 0 Å². The number of ether oxygens (including phenoxy) is 3. The Labute approximate surface area is 342 Å². The van der Waals surface area contributed by atoms with Crippen LogP contribution in [0, 0.1) is 34.0 Å². The summed E-state index contributed by atoms with van der Waals surface area (Å²) in [7, 11) is 0. The van der Waals surface area contributed by atoms with E-state index in [2.05, 4.69) is 50.5 Å². The van der Waals surface area contributed by atoms with Crippen molar-refractivity contribution in [2.45, 2.75) is 147 Å². The van der Waals surface area contributed by atoms with Crippen LogP contribution >= 0.6 is 0 Å². The first-order chi connectivity index (χ1) is 27.4. The first-order valence-electron chi connectivity index (χ1n) is 21.5. The highest BCUT2D eigenvalue weighted by molar-refractivity contribution is 6.01. The summed E-state index contributed by atoms with van der Waals surface area (Å²) >= 11 is 0. The average Bonchev–Trinajstić information content (AvgIpc) is 3.69. The minimum Gasteiger partial charge on any atom is -0.393 e. The Morgan fingerprint density at radius 1 is 1.07 bits per heavy atom. The quantitative estimate of drug-likeness (QED) is 0.216. The van der Waals surface area contributed by atoms with E-state index in [4.69, 9.17) is 19.9 Å². The van der Waals surface area contributed by atoms with Crippen molar-refractivity contribution in [1.29, 1.82) is 0 Å². The molecule has 316 valence electrons. The van der Waals surface area contributed by atoms with E-state index in [0.29, 0.717) is 32.3 Å². The maximum absolute atomic E-state index is 14.0. The zero-order valence-corrected chi connectivity index (χ0v) is 34.8. The van der Waals surface area contributed by atoms with Crippen LogP contribution in [-0.2, 0) is 39.8 Å². The molecule has 1 aromatic carbocycles. The van der Waals surface area contributed by atoms with Gasteiger partial charge in [-0.05, 0) is 99.2 Å². The van der Waals surface area contributed by atoms with Crippen molar-refractivity contribution in [2.24, 2.45) is 39.7 Å². The van der Waals surface area contributed by atoms with Crippen LogP contribution in [0.1, 0.15) is 116 Å². The molecular formula is C46H63N3O9. The Balaban J connectivity index is 0.927. The molecule has 12 nitrogen and oxygen atoms in total. The number of ketones is 2. The van der Waals surface area contributed by atoms with Crippen LogP contribution in [0.25, 0.3) is 0 Å². The van der Waals surface area contributed by atoms with Crippen molar-refractivity contribution in [3.05, 3.63) is 59.2 Å². The Bertz CT molecular complexity index is 1860. The lowest BCUT2D eigenvalue weighted by molar-refractivity contribution is -0.201. The van der Waals surface area contributed by atoms with Gasteiger partial charge in [0.25, 0.3) is 0 Å². The molecule has 0 unspecified atom stereocenters. The van der Waals surface area contributed by atoms with Crippen LogP contribution in [0.3, 0.4) is 0 Å². The van der Waals surface area contributed by atoms with Crippen molar-refractivity contribution in [3.63, 3.8) is 0 Å². The molecule has 3 aliphatic heterocycles. The van der Waals surface area contributed by atoms with Gasteiger partial charge in [-0.25, -0.2) is 0 Å². The topological polar surface area (TPSA) is 187 Å². The number of carbonyl (C=O) groups excluding carboxylic acids is 4. The van der Waals surface area contributed by atoms with E-state index >= 15 is 0 Å². The number of hydrogen-bond acceptors (Lipinski definition) is 10. The third-order valence-corrected chi connectivity index (χ3v) is 15.8. The summed E-state index contributed by atoms with van der Waals surface area (Å²) in [6.07, 6.45) is 10.9. The lowest BCUT2D eigenvalue weighted by atomic mass is 9.46. The number of aliphatic hydroxyl groups is 2. The molecule has 1 aromatic rings. The maximum atomic E-state index is 14.0. The largest absolute Gasteiger partial charge is 0.393 e. The molecule has 10 atom stereocenters. The molecule has 6 N–H and O–H groups in total. The van der Waals surface area contributed by atoms with Gasteiger partial charge in [-0.2, -0.15) is 0 Å². The molecule has 0 radical (unpaired) electrons. The van der Waals surface area contributed by atoms with Crippen molar-refractivity contribution in [2.75, 3.05) is 19.8 Å². The zero-order valence-electron chi connectivity index (χ0n) is 34.8. The third kappa shape index (κ3) is 6.83. The van der Waals surface area contributed by atoms with E-state index in [0.717, 1.165) is 61.6 Å². The SMILES string of the molecule is CC(C)(C)CC[C@H](NC(=O)CN)C(=O)NC12CCC(Cc3ccc([C@@H]4O[C@@H]5C[C@H]6[C@@H]7CCC8=CC(=O)C=C[C@]8(C)[C@H]7[C@@H](O)C[C@]6(C)[C@]5(C(=O)CO)O4)cc3)(CC1)OC2. The third-order valence-electron chi connectivity index (χ3n) is 15.8. The molecule has 8 aliphatic rings. The van der Waals surface area contributed by atoms with Gasteiger partial charge in [0.1, 0.15) is 12.6 Å². The second kappa shape index (κ2) is 14.7. The van der Waals surface area contributed by atoms with Gasteiger partial charge in [-0.3, -0.25) is 19.2 Å². The Hall–Kier alpha value is -3.26. The lowest BCUT2D eigenvalue weighted by Gasteiger charge is -2.59. The molecule has 0 aromatic heterocycles. The summed E-state index contributed by atoms with van der Waals surface area (Å²) in [5, 5.41) is 28.4. The summed E-state index contributed by atoms with van der Waals surface area (Å²) in [6, 6.07) is 7.43. The summed E-state index contributed by atoms with van der Waals surface area (Å²) in [4.78, 5) is 52.0. The maximum Gasteiger partial charge on any atom is 0.243 e. The number of fused-ring (bicyclic) bond motifs is 10. The number of carbonyl (C=O) groups is 4. The Morgan fingerprint density at radius 2 is 1.79 bits per heavy atom. The van der Waals surface area contributed by atoms with Crippen LogP contribution in [0.15, 0.2) is 48.1 Å². The molecule has 3 heterocycles. The van der Waals surface area contributed by atoms with E-state index in [1.165, 1.54) is 0 Å². The van der Waals surface area contributed by atoms with Gasteiger partial charge < -0.3 is 40.8 Å². The number of nitrogens with one attached hydrogen (secondary N) is 2. The molecule has 7 fully saturated rings. The average molecular weight is 802 g/mol. The molecule has 9 rings (SSSR count). The highest BCUT2D eigenvalue weighted by Crippen LogP contribution is 2.70. The van der Waals surface area contributed by atoms with Crippen LogP contribution in [0.5, 0.6) is 0 Å². The first-order valence-corrected chi connectivity index (χ1v) is 21.5. The van der Waals surface area contributed by atoms with E-state index in [1.54, 1.807) is 12.2 Å². The number of benzene rings is 1. The molecule has 58 heavy (non-hydrogen) atoms. The van der Waals surface area contributed by atoms with Gasteiger partial charge in [-0.15, -0.1) is 0 Å². The van der Waals surface area contributed by atoms with Gasteiger partial charge in [0.05, 0.1) is 36.5 Å². The minimum atomic E-state index is -1.40. The summed E-state index contributed by atoms with van der Waals surface area (Å²) < 4.78 is 20.1. The molecular weight excluding hydrogens is 739 g/mol. The molecule has 2 bridgehead atoms. The van der Waals surface area contributed by atoms with Crippen molar-refractivity contribution in [1.82, 2.24) is 10.6 Å². The normalized spacial score (nSPS) is 40.5. The Morgan fingerprint density at radius 3 is 2.43 bits per heavy atom. The molecule has 4 saturated carbocycles. The van der Waals surface area contributed by atoms with E-state index in [1.807, 2.05) is 25.1 Å². The van der Waals surface area contributed by atoms with E-state index in [9.17, 15) is 29.4 Å². The predicted octanol–water partition coefficient (Wildman–Crippen LogP) is 4.30. The molecule has 12 heteroatoms. The highest BCUT2D eigenvalue weighted by atomic mass is 16.7. The van der Waals surface area contributed by atoms with Crippen LogP contribution < -0.4 is 16.4 Å². The van der Waals surface area contributed by atoms with Crippen molar-refractivity contribution in [3.8, 4) is 0 Å².